The Labute approximate surface area is 127 Å². The number of hydrogen-bond acceptors (Lipinski definition) is 5. The van der Waals surface area contributed by atoms with Crippen molar-refractivity contribution < 1.29 is 4.79 Å². The third-order valence-electron chi connectivity index (χ3n) is 3.02. The van der Waals surface area contributed by atoms with Crippen molar-refractivity contribution in [3.63, 3.8) is 0 Å². The largest absolute Gasteiger partial charge is 0.370 e. The van der Waals surface area contributed by atoms with Gasteiger partial charge < -0.3 is 16.0 Å². The molecule has 0 spiro atoms. The Morgan fingerprint density at radius 1 is 1.14 bits per heavy atom. The zero-order valence-corrected chi connectivity index (χ0v) is 13.5. The number of hydrogen-bond donors (Lipinski definition) is 3. The lowest BCUT2D eigenvalue weighted by Gasteiger charge is -2.17. The van der Waals surface area contributed by atoms with Crippen LogP contribution in [0.4, 0.5) is 11.6 Å². The molecule has 0 aliphatic heterocycles. The van der Waals surface area contributed by atoms with Crippen LogP contribution >= 0.6 is 0 Å². The lowest BCUT2D eigenvalue weighted by Crippen LogP contribution is -2.26. The Morgan fingerprint density at radius 3 is 2.38 bits per heavy atom. The molecule has 0 saturated carbocycles. The maximum atomic E-state index is 11.6. The van der Waals surface area contributed by atoms with Gasteiger partial charge in [0, 0.05) is 31.6 Å². The van der Waals surface area contributed by atoms with Crippen LogP contribution in [0.3, 0.4) is 0 Å². The molecule has 1 rings (SSSR count). The van der Waals surface area contributed by atoms with Gasteiger partial charge in [-0.2, -0.15) is 0 Å². The van der Waals surface area contributed by atoms with E-state index >= 15 is 0 Å². The Hall–Kier alpha value is -1.85. The van der Waals surface area contributed by atoms with Crippen LogP contribution in [0.1, 0.15) is 52.0 Å². The number of aromatic nitrogens is 2. The first-order valence-electron chi connectivity index (χ1n) is 7.69. The average Bonchev–Trinajstić information content (AvgIpc) is 2.45. The molecule has 21 heavy (non-hydrogen) atoms. The van der Waals surface area contributed by atoms with Gasteiger partial charge in [0.15, 0.2) is 0 Å². The molecule has 118 valence electrons. The second kappa shape index (κ2) is 9.15. The zero-order valence-electron chi connectivity index (χ0n) is 13.5. The molecule has 1 aromatic heterocycles. The van der Waals surface area contributed by atoms with Crippen molar-refractivity contribution >= 4 is 17.5 Å². The molecular weight excluding hydrogens is 266 g/mol. The summed E-state index contributed by atoms with van der Waals surface area (Å²) in [6, 6.07) is 0. The van der Waals surface area contributed by atoms with Crippen LogP contribution < -0.4 is 16.0 Å². The molecule has 0 fully saturated rings. The van der Waals surface area contributed by atoms with Gasteiger partial charge in [-0.1, -0.05) is 20.8 Å². The Morgan fingerprint density at radius 2 is 1.81 bits per heavy atom. The fourth-order valence-electron chi connectivity index (χ4n) is 2.04. The van der Waals surface area contributed by atoms with E-state index in [4.69, 9.17) is 0 Å². The van der Waals surface area contributed by atoms with Crippen LogP contribution in [0.2, 0.25) is 0 Å². The van der Waals surface area contributed by atoms with Gasteiger partial charge in [0.2, 0.25) is 5.91 Å². The van der Waals surface area contributed by atoms with Gasteiger partial charge >= 0.3 is 0 Å². The summed E-state index contributed by atoms with van der Waals surface area (Å²) in [5.74, 6) is 2.03. The van der Waals surface area contributed by atoms with E-state index in [-0.39, 0.29) is 5.91 Å². The Balaban J connectivity index is 2.66. The SMILES string of the molecule is CCCNC(=O)CCNc1ncnc(NCC)c1C(C)C. The van der Waals surface area contributed by atoms with Crippen molar-refractivity contribution in [3.05, 3.63) is 11.9 Å². The molecule has 1 heterocycles. The minimum absolute atomic E-state index is 0.0661. The normalized spacial score (nSPS) is 10.5. The molecule has 6 nitrogen and oxygen atoms in total. The monoisotopic (exact) mass is 293 g/mol. The summed E-state index contributed by atoms with van der Waals surface area (Å²) in [5, 5.41) is 9.37. The number of carbonyl (C=O) groups excluding carboxylic acids is 1. The summed E-state index contributed by atoms with van der Waals surface area (Å²) in [6.07, 6.45) is 2.94. The van der Waals surface area contributed by atoms with E-state index < -0.39 is 0 Å². The van der Waals surface area contributed by atoms with Crippen LogP contribution in [0, 0.1) is 0 Å². The molecule has 0 aliphatic rings. The zero-order chi connectivity index (χ0) is 15.7. The third kappa shape index (κ3) is 5.57. The number of nitrogens with zero attached hydrogens (tertiary/aromatic N) is 2. The summed E-state index contributed by atoms with van der Waals surface area (Å²) in [6.45, 7) is 10.4. The quantitative estimate of drug-likeness (QED) is 0.651. The van der Waals surface area contributed by atoms with E-state index in [0.717, 1.165) is 36.7 Å². The maximum absolute atomic E-state index is 11.6. The van der Waals surface area contributed by atoms with Crippen LogP contribution in [0.5, 0.6) is 0 Å². The predicted molar refractivity (Wildman–Crippen MR) is 86.7 cm³/mol. The van der Waals surface area contributed by atoms with Gasteiger partial charge in [-0.15, -0.1) is 0 Å². The van der Waals surface area contributed by atoms with E-state index in [2.05, 4.69) is 39.8 Å². The first kappa shape index (κ1) is 17.2. The lowest BCUT2D eigenvalue weighted by atomic mass is 10.0. The number of anilines is 2. The van der Waals surface area contributed by atoms with Gasteiger partial charge in [0.05, 0.1) is 0 Å². The molecule has 0 bridgehead atoms. The molecule has 0 radical (unpaired) electrons. The highest BCUT2D eigenvalue weighted by molar-refractivity contribution is 5.76. The summed E-state index contributed by atoms with van der Waals surface area (Å²) >= 11 is 0. The highest BCUT2D eigenvalue weighted by Gasteiger charge is 2.14. The van der Waals surface area contributed by atoms with E-state index in [1.807, 2.05) is 13.8 Å². The fraction of sp³-hybridized carbons (Fsp3) is 0.667. The van der Waals surface area contributed by atoms with Gasteiger partial charge in [0.1, 0.15) is 18.0 Å². The smallest absolute Gasteiger partial charge is 0.221 e. The summed E-state index contributed by atoms with van der Waals surface area (Å²) in [7, 11) is 0. The average molecular weight is 293 g/mol. The van der Waals surface area contributed by atoms with E-state index in [9.17, 15) is 4.79 Å². The van der Waals surface area contributed by atoms with Crippen molar-refractivity contribution in [1.29, 1.82) is 0 Å². The second-order valence-electron chi connectivity index (χ2n) is 5.20. The molecule has 1 amide bonds. The van der Waals surface area contributed by atoms with Crippen LogP contribution in [0.15, 0.2) is 6.33 Å². The van der Waals surface area contributed by atoms with Gasteiger partial charge in [-0.05, 0) is 19.3 Å². The maximum Gasteiger partial charge on any atom is 0.221 e. The molecule has 0 saturated heterocycles. The summed E-state index contributed by atoms with van der Waals surface area (Å²) in [5.41, 5.74) is 1.06. The minimum atomic E-state index is 0.0661. The molecule has 0 aromatic carbocycles. The van der Waals surface area contributed by atoms with Gasteiger partial charge in [0.25, 0.3) is 0 Å². The lowest BCUT2D eigenvalue weighted by molar-refractivity contribution is -0.120. The second-order valence-corrected chi connectivity index (χ2v) is 5.20. The highest BCUT2D eigenvalue weighted by Crippen LogP contribution is 2.28. The molecule has 1 aromatic rings. The van der Waals surface area contributed by atoms with E-state index in [0.29, 0.717) is 18.9 Å². The van der Waals surface area contributed by atoms with Crippen molar-refractivity contribution in [2.24, 2.45) is 0 Å². The molecule has 0 aliphatic carbocycles. The van der Waals surface area contributed by atoms with Crippen molar-refractivity contribution in [3.8, 4) is 0 Å². The Bertz CT molecular complexity index is 448. The minimum Gasteiger partial charge on any atom is -0.370 e. The predicted octanol–water partition coefficient (Wildman–Crippen LogP) is 2.36. The first-order chi connectivity index (χ1) is 10.1. The van der Waals surface area contributed by atoms with Crippen molar-refractivity contribution in [1.82, 2.24) is 15.3 Å². The van der Waals surface area contributed by atoms with Crippen LogP contribution in [0.25, 0.3) is 0 Å². The van der Waals surface area contributed by atoms with Gasteiger partial charge in [-0.3, -0.25) is 4.79 Å². The number of nitrogens with one attached hydrogen (secondary N) is 3. The molecule has 3 N–H and O–H groups in total. The Kier molecular flexibility index (Phi) is 7.50. The van der Waals surface area contributed by atoms with Crippen LogP contribution in [-0.4, -0.2) is 35.5 Å². The number of amides is 1. The van der Waals surface area contributed by atoms with Gasteiger partial charge in [-0.25, -0.2) is 9.97 Å². The molecule has 6 heteroatoms. The van der Waals surface area contributed by atoms with E-state index in [1.54, 1.807) is 6.33 Å². The van der Waals surface area contributed by atoms with E-state index in [1.165, 1.54) is 0 Å². The summed E-state index contributed by atoms with van der Waals surface area (Å²) in [4.78, 5) is 20.2. The fourth-order valence-corrected chi connectivity index (χ4v) is 2.04. The number of carbonyl (C=O) groups is 1. The van der Waals surface area contributed by atoms with Crippen molar-refractivity contribution in [2.45, 2.75) is 46.5 Å². The molecule has 0 unspecified atom stereocenters. The molecular formula is C15H27N5O. The summed E-state index contributed by atoms with van der Waals surface area (Å²) < 4.78 is 0. The first-order valence-corrected chi connectivity index (χ1v) is 7.69. The van der Waals surface area contributed by atoms with Crippen LogP contribution in [-0.2, 0) is 4.79 Å². The molecule has 0 atom stereocenters. The van der Waals surface area contributed by atoms with Crippen molar-refractivity contribution in [2.75, 3.05) is 30.3 Å². The topological polar surface area (TPSA) is 78.9 Å². The standard InChI is InChI=1S/C15H27N5O/c1-5-8-17-12(21)7-9-18-15-13(11(3)4)14(16-6-2)19-10-20-15/h10-11H,5-9H2,1-4H3,(H,17,21)(H2,16,18,19,20). The highest BCUT2D eigenvalue weighted by atomic mass is 16.1. The third-order valence-corrected chi connectivity index (χ3v) is 3.02. The number of rotatable bonds is 9.